The van der Waals surface area contributed by atoms with Gasteiger partial charge in [-0.25, -0.2) is 0 Å². The zero-order valence-electron chi connectivity index (χ0n) is 11.6. The minimum Gasteiger partial charge on any atom is -0.354 e. The van der Waals surface area contributed by atoms with Crippen LogP contribution in [0.15, 0.2) is 0 Å². The molecule has 1 rings (SSSR count). The van der Waals surface area contributed by atoms with E-state index in [4.69, 9.17) is 0 Å². The molecule has 0 aromatic rings. The molecule has 0 spiro atoms. The van der Waals surface area contributed by atoms with Crippen LogP contribution in [-0.2, 0) is 4.79 Å². The molecule has 3 unspecified atom stereocenters. The van der Waals surface area contributed by atoms with E-state index in [0.717, 1.165) is 18.9 Å². The molecule has 17 heavy (non-hydrogen) atoms. The monoisotopic (exact) mass is 240 g/mol. The van der Waals surface area contributed by atoms with E-state index in [1.165, 1.54) is 25.7 Å². The molecular weight excluding hydrogens is 212 g/mol. The SMILES string of the molecule is CCC(C)NC(=O)CCNC1CCCC1CC. The molecule has 3 heteroatoms. The fraction of sp³-hybridized carbons (Fsp3) is 0.929. The van der Waals surface area contributed by atoms with Crippen LogP contribution < -0.4 is 10.6 Å². The van der Waals surface area contributed by atoms with Gasteiger partial charge in [-0.05, 0) is 32.1 Å². The highest BCUT2D eigenvalue weighted by Crippen LogP contribution is 2.27. The van der Waals surface area contributed by atoms with Crippen molar-refractivity contribution in [2.75, 3.05) is 6.54 Å². The minimum atomic E-state index is 0.179. The fourth-order valence-corrected chi connectivity index (χ4v) is 2.61. The molecule has 0 bridgehead atoms. The van der Waals surface area contributed by atoms with Gasteiger partial charge in [0.2, 0.25) is 5.91 Å². The summed E-state index contributed by atoms with van der Waals surface area (Å²) in [5.74, 6) is 1.01. The Labute approximate surface area is 106 Å². The number of carbonyl (C=O) groups excluding carboxylic acids is 1. The zero-order valence-corrected chi connectivity index (χ0v) is 11.6. The van der Waals surface area contributed by atoms with Gasteiger partial charge < -0.3 is 10.6 Å². The largest absolute Gasteiger partial charge is 0.354 e. The van der Waals surface area contributed by atoms with Crippen molar-refractivity contribution in [2.45, 2.75) is 71.4 Å². The molecule has 2 N–H and O–H groups in total. The van der Waals surface area contributed by atoms with Gasteiger partial charge in [0.05, 0.1) is 0 Å². The predicted octanol–water partition coefficient (Wildman–Crippen LogP) is 2.46. The molecule has 1 amide bonds. The molecular formula is C14H28N2O. The molecule has 1 fully saturated rings. The maximum atomic E-state index is 11.6. The summed E-state index contributed by atoms with van der Waals surface area (Å²) in [6.07, 6.45) is 6.85. The van der Waals surface area contributed by atoms with Crippen molar-refractivity contribution < 1.29 is 4.79 Å². The second kappa shape index (κ2) is 7.70. The van der Waals surface area contributed by atoms with Gasteiger partial charge in [-0.2, -0.15) is 0 Å². The van der Waals surface area contributed by atoms with E-state index in [9.17, 15) is 4.79 Å². The van der Waals surface area contributed by atoms with Crippen LogP contribution in [0.2, 0.25) is 0 Å². The number of nitrogens with one attached hydrogen (secondary N) is 2. The van der Waals surface area contributed by atoms with Crippen LogP contribution >= 0.6 is 0 Å². The molecule has 0 saturated heterocycles. The van der Waals surface area contributed by atoms with Gasteiger partial charge in [0.15, 0.2) is 0 Å². The average Bonchev–Trinajstić information content (AvgIpc) is 2.76. The van der Waals surface area contributed by atoms with E-state index in [2.05, 4.69) is 31.4 Å². The van der Waals surface area contributed by atoms with E-state index in [0.29, 0.717) is 18.5 Å². The van der Waals surface area contributed by atoms with Crippen molar-refractivity contribution in [1.82, 2.24) is 10.6 Å². The minimum absolute atomic E-state index is 0.179. The zero-order chi connectivity index (χ0) is 12.7. The van der Waals surface area contributed by atoms with Crippen LogP contribution in [0.1, 0.15) is 59.3 Å². The Kier molecular flexibility index (Phi) is 6.56. The van der Waals surface area contributed by atoms with Crippen LogP contribution in [-0.4, -0.2) is 24.5 Å². The summed E-state index contributed by atoms with van der Waals surface area (Å²) in [7, 11) is 0. The molecule has 1 saturated carbocycles. The first-order chi connectivity index (χ1) is 8.17. The molecule has 1 aliphatic carbocycles. The lowest BCUT2D eigenvalue weighted by molar-refractivity contribution is -0.121. The van der Waals surface area contributed by atoms with Gasteiger partial charge in [-0.1, -0.05) is 26.7 Å². The normalized spacial score (nSPS) is 25.8. The number of hydrogen-bond donors (Lipinski definition) is 2. The van der Waals surface area contributed by atoms with Gasteiger partial charge in [0.1, 0.15) is 0 Å². The standard InChI is InChI=1S/C14H28N2O/c1-4-11(3)16-14(17)9-10-15-13-8-6-7-12(13)5-2/h11-13,15H,4-10H2,1-3H3,(H,16,17). The van der Waals surface area contributed by atoms with Crippen molar-refractivity contribution in [3.05, 3.63) is 0 Å². The number of rotatable bonds is 7. The highest BCUT2D eigenvalue weighted by molar-refractivity contribution is 5.76. The summed E-state index contributed by atoms with van der Waals surface area (Å²) >= 11 is 0. The Balaban J connectivity index is 2.12. The van der Waals surface area contributed by atoms with Crippen LogP contribution in [0.25, 0.3) is 0 Å². The molecule has 3 atom stereocenters. The number of carbonyl (C=O) groups is 1. The highest BCUT2D eigenvalue weighted by Gasteiger charge is 2.24. The van der Waals surface area contributed by atoms with Crippen LogP contribution in [0.5, 0.6) is 0 Å². The van der Waals surface area contributed by atoms with Gasteiger partial charge in [-0.15, -0.1) is 0 Å². The first-order valence-corrected chi connectivity index (χ1v) is 7.20. The summed E-state index contributed by atoms with van der Waals surface area (Å²) in [6, 6.07) is 0.953. The summed E-state index contributed by atoms with van der Waals surface area (Å²) in [6.45, 7) is 7.23. The maximum absolute atomic E-state index is 11.6. The molecule has 0 heterocycles. The van der Waals surface area contributed by atoms with Crippen molar-refractivity contribution in [3.8, 4) is 0 Å². The summed E-state index contributed by atoms with van der Waals surface area (Å²) in [5.41, 5.74) is 0. The quantitative estimate of drug-likeness (QED) is 0.717. The molecule has 0 aromatic carbocycles. The Morgan fingerprint density at radius 1 is 1.35 bits per heavy atom. The molecule has 3 nitrogen and oxygen atoms in total. The van der Waals surface area contributed by atoms with E-state index in [1.54, 1.807) is 0 Å². The van der Waals surface area contributed by atoms with Gasteiger partial charge >= 0.3 is 0 Å². The van der Waals surface area contributed by atoms with Gasteiger partial charge in [-0.3, -0.25) is 4.79 Å². The lowest BCUT2D eigenvalue weighted by atomic mass is 10.0. The smallest absolute Gasteiger partial charge is 0.221 e. The van der Waals surface area contributed by atoms with Crippen LogP contribution in [0, 0.1) is 5.92 Å². The Morgan fingerprint density at radius 3 is 2.76 bits per heavy atom. The van der Waals surface area contributed by atoms with E-state index >= 15 is 0 Å². The van der Waals surface area contributed by atoms with Crippen molar-refractivity contribution in [2.24, 2.45) is 5.92 Å². The van der Waals surface area contributed by atoms with Gasteiger partial charge in [0, 0.05) is 25.0 Å². The molecule has 100 valence electrons. The molecule has 1 aliphatic rings. The number of hydrogen-bond acceptors (Lipinski definition) is 2. The first kappa shape index (κ1) is 14.5. The molecule has 0 aromatic heterocycles. The molecule has 0 aliphatic heterocycles. The second-order valence-corrected chi connectivity index (χ2v) is 5.29. The predicted molar refractivity (Wildman–Crippen MR) is 71.9 cm³/mol. The third-order valence-corrected chi connectivity index (χ3v) is 3.96. The maximum Gasteiger partial charge on any atom is 0.221 e. The highest BCUT2D eigenvalue weighted by atomic mass is 16.1. The summed E-state index contributed by atoms with van der Waals surface area (Å²) in [4.78, 5) is 11.6. The average molecular weight is 240 g/mol. The Bertz CT molecular complexity index is 230. The van der Waals surface area contributed by atoms with Crippen molar-refractivity contribution in [1.29, 1.82) is 0 Å². The third kappa shape index (κ3) is 5.07. The van der Waals surface area contributed by atoms with Crippen LogP contribution in [0.4, 0.5) is 0 Å². The third-order valence-electron chi connectivity index (χ3n) is 3.96. The Morgan fingerprint density at radius 2 is 2.12 bits per heavy atom. The fourth-order valence-electron chi connectivity index (χ4n) is 2.61. The lowest BCUT2D eigenvalue weighted by Gasteiger charge is -2.19. The lowest BCUT2D eigenvalue weighted by Crippen LogP contribution is -2.37. The summed E-state index contributed by atoms with van der Waals surface area (Å²) < 4.78 is 0. The van der Waals surface area contributed by atoms with E-state index in [1.807, 2.05) is 0 Å². The second-order valence-electron chi connectivity index (χ2n) is 5.29. The van der Waals surface area contributed by atoms with E-state index < -0.39 is 0 Å². The van der Waals surface area contributed by atoms with Crippen LogP contribution in [0.3, 0.4) is 0 Å². The van der Waals surface area contributed by atoms with E-state index in [-0.39, 0.29) is 5.91 Å². The van der Waals surface area contributed by atoms with Crippen molar-refractivity contribution >= 4 is 5.91 Å². The van der Waals surface area contributed by atoms with Gasteiger partial charge in [0.25, 0.3) is 0 Å². The first-order valence-electron chi connectivity index (χ1n) is 7.20. The molecule has 0 radical (unpaired) electrons. The topological polar surface area (TPSA) is 41.1 Å². The Hall–Kier alpha value is -0.570. The number of amides is 1. The van der Waals surface area contributed by atoms with Crippen molar-refractivity contribution in [3.63, 3.8) is 0 Å². The summed E-state index contributed by atoms with van der Waals surface area (Å²) in [5, 5.41) is 6.55.